The van der Waals surface area contributed by atoms with Crippen molar-refractivity contribution in [3.8, 4) is 0 Å². The number of hydrogen-bond acceptors (Lipinski definition) is 4. The van der Waals surface area contributed by atoms with E-state index >= 15 is 0 Å². The van der Waals surface area contributed by atoms with Crippen molar-refractivity contribution in [2.24, 2.45) is 0 Å². The molecule has 1 amide bonds. The Morgan fingerprint density at radius 2 is 1.38 bits per heavy atom. The average molecular weight is 360 g/mol. The predicted octanol–water partition coefficient (Wildman–Crippen LogP) is 3.97. The molecule has 0 aliphatic heterocycles. The first kappa shape index (κ1) is 23.5. The number of nitrogens with zero attached hydrogens (tertiary/aromatic N) is 1. The second-order valence-corrected chi connectivity index (χ2v) is 7.14. The van der Waals surface area contributed by atoms with Gasteiger partial charge < -0.3 is 15.1 Å². The lowest BCUT2D eigenvalue weighted by molar-refractivity contribution is -0.127. The minimum atomic E-state index is -0.145. The van der Waals surface area contributed by atoms with Gasteiger partial charge in [0, 0.05) is 19.2 Å². The average Bonchev–Trinajstić information content (AvgIpc) is 2.58. The Morgan fingerprint density at radius 3 is 1.88 bits per heavy atom. The molecule has 0 fully saturated rings. The number of carbonyl (C=O) groups excluding carboxylic acids is 1. The maximum absolute atomic E-state index is 11.8. The Morgan fingerprint density at radius 1 is 0.875 bits per heavy atom. The Kier molecular flexibility index (Phi) is 18.4. The maximum atomic E-state index is 11.8. The lowest BCUT2D eigenvalue weighted by Crippen LogP contribution is -2.34. The summed E-state index contributed by atoms with van der Waals surface area (Å²) in [6, 6.07) is 0. The molecular weight excluding hydrogens is 322 g/mol. The molecule has 0 aromatic carbocycles. The first-order chi connectivity index (χ1) is 11.8. The van der Waals surface area contributed by atoms with Crippen molar-refractivity contribution < 1.29 is 15.0 Å². The van der Waals surface area contributed by atoms with E-state index in [2.05, 4.69) is 6.92 Å². The van der Waals surface area contributed by atoms with Crippen LogP contribution < -0.4 is 0 Å². The number of amides is 1. The number of unbranched alkanes of at least 4 members (excludes halogenated alkanes) is 9. The summed E-state index contributed by atoms with van der Waals surface area (Å²) in [5.74, 6) is 0.897. The van der Waals surface area contributed by atoms with E-state index in [0.29, 0.717) is 0 Å². The molecule has 0 saturated carbocycles. The van der Waals surface area contributed by atoms with Gasteiger partial charge in [0.25, 0.3) is 0 Å². The van der Waals surface area contributed by atoms with E-state index in [4.69, 9.17) is 10.2 Å². The zero-order chi connectivity index (χ0) is 17.9. The monoisotopic (exact) mass is 359 g/mol. The van der Waals surface area contributed by atoms with Crippen molar-refractivity contribution in [2.75, 3.05) is 32.1 Å². The van der Waals surface area contributed by atoms with Crippen LogP contribution in [0.3, 0.4) is 0 Å². The van der Waals surface area contributed by atoms with E-state index in [1.165, 1.54) is 75.2 Å². The standard InChI is InChI=1S/C19H37NO3S/c1-2-3-4-5-6-7-8-9-10-11-17-24-18-12-19(23)20(13-15-21)14-16-22/h12,18,21-22H,2-11,13-17H2,1H3. The molecule has 0 aliphatic rings. The molecule has 4 nitrogen and oxygen atoms in total. The van der Waals surface area contributed by atoms with Gasteiger partial charge in [0.15, 0.2) is 0 Å². The van der Waals surface area contributed by atoms with E-state index in [-0.39, 0.29) is 32.2 Å². The van der Waals surface area contributed by atoms with E-state index in [1.807, 2.05) is 5.41 Å². The smallest absolute Gasteiger partial charge is 0.247 e. The minimum absolute atomic E-state index is 0.0780. The van der Waals surface area contributed by atoms with Crippen LogP contribution in [0.5, 0.6) is 0 Å². The van der Waals surface area contributed by atoms with Gasteiger partial charge in [0.2, 0.25) is 5.91 Å². The van der Waals surface area contributed by atoms with Crippen LogP contribution in [0.15, 0.2) is 11.5 Å². The van der Waals surface area contributed by atoms with Crippen molar-refractivity contribution in [3.05, 3.63) is 11.5 Å². The topological polar surface area (TPSA) is 60.8 Å². The molecule has 0 rings (SSSR count). The molecule has 0 saturated heterocycles. The van der Waals surface area contributed by atoms with Crippen LogP contribution in [0.2, 0.25) is 0 Å². The van der Waals surface area contributed by atoms with E-state index in [0.717, 1.165) is 5.75 Å². The van der Waals surface area contributed by atoms with Crippen LogP contribution >= 0.6 is 11.8 Å². The second-order valence-electron chi connectivity index (χ2n) is 6.13. The zero-order valence-corrected chi connectivity index (χ0v) is 16.2. The highest BCUT2D eigenvalue weighted by Gasteiger charge is 2.08. The summed E-state index contributed by atoms with van der Waals surface area (Å²) < 4.78 is 0. The number of hydrogen-bond donors (Lipinski definition) is 2. The van der Waals surface area contributed by atoms with Gasteiger partial charge in [-0.3, -0.25) is 4.79 Å². The highest BCUT2D eigenvalue weighted by molar-refractivity contribution is 8.02. The molecule has 5 heteroatoms. The number of aliphatic hydroxyl groups excluding tert-OH is 2. The highest BCUT2D eigenvalue weighted by Crippen LogP contribution is 2.13. The van der Waals surface area contributed by atoms with Crippen LogP contribution in [0.4, 0.5) is 0 Å². The second kappa shape index (κ2) is 18.8. The quantitative estimate of drug-likeness (QED) is 0.305. The van der Waals surface area contributed by atoms with Crippen molar-refractivity contribution >= 4 is 17.7 Å². The van der Waals surface area contributed by atoms with Crippen molar-refractivity contribution in [1.82, 2.24) is 4.90 Å². The summed E-state index contributed by atoms with van der Waals surface area (Å²) in [6.45, 7) is 2.64. The van der Waals surface area contributed by atoms with Crippen LogP contribution in [0.25, 0.3) is 0 Å². The Balaban J connectivity index is 3.46. The molecule has 0 aromatic heterocycles. The SMILES string of the molecule is CCCCCCCCCCCCSC=CC(=O)N(CCO)CCO. The molecule has 142 valence electrons. The lowest BCUT2D eigenvalue weighted by Gasteiger charge is -2.18. The van der Waals surface area contributed by atoms with Gasteiger partial charge in [-0.05, 0) is 17.6 Å². The van der Waals surface area contributed by atoms with Gasteiger partial charge in [-0.25, -0.2) is 0 Å². The van der Waals surface area contributed by atoms with E-state index in [9.17, 15) is 4.79 Å². The maximum Gasteiger partial charge on any atom is 0.247 e. The molecule has 0 aromatic rings. The predicted molar refractivity (Wildman–Crippen MR) is 104 cm³/mol. The Labute approximate surface area is 152 Å². The van der Waals surface area contributed by atoms with Crippen molar-refractivity contribution in [3.63, 3.8) is 0 Å². The number of aliphatic hydroxyl groups is 2. The van der Waals surface area contributed by atoms with Gasteiger partial charge in [0.05, 0.1) is 13.2 Å². The number of thioether (sulfide) groups is 1. The van der Waals surface area contributed by atoms with Gasteiger partial charge in [0.1, 0.15) is 0 Å². The number of rotatable bonds is 17. The van der Waals surface area contributed by atoms with E-state index < -0.39 is 0 Å². The fourth-order valence-corrected chi connectivity index (χ4v) is 3.25. The summed E-state index contributed by atoms with van der Waals surface area (Å²) in [5, 5.41) is 19.6. The summed E-state index contributed by atoms with van der Waals surface area (Å²) >= 11 is 1.66. The molecule has 24 heavy (non-hydrogen) atoms. The zero-order valence-electron chi connectivity index (χ0n) is 15.4. The normalized spacial score (nSPS) is 11.3. The molecule has 0 aliphatic carbocycles. The summed E-state index contributed by atoms with van der Waals surface area (Å²) in [7, 11) is 0. The van der Waals surface area contributed by atoms with E-state index in [1.54, 1.807) is 11.8 Å². The van der Waals surface area contributed by atoms with Crippen molar-refractivity contribution in [1.29, 1.82) is 0 Å². The van der Waals surface area contributed by atoms with Crippen LogP contribution in [-0.2, 0) is 4.79 Å². The third kappa shape index (κ3) is 15.0. The van der Waals surface area contributed by atoms with Crippen LogP contribution in [0, 0.1) is 0 Å². The minimum Gasteiger partial charge on any atom is -0.395 e. The highest BCUT2D eigenvalue weighted by atomic mass is 32.2. The summed E-state index contributed by atoms with van der Waals surface area (Å²) in [5.41, 5.74) is 0. The molecule has 0 radical (unpaired) electrons. The van der Waals surface area contributed by atoms with Crippen molar-refractivity contribution in [2.45, 2.75) is 71.1 Å². The molecule has 0 bridgehead atoms. The third-order valence-corrected chi connectivity index (χ3v) is 4.83. The molecule has 0 atom stereocenters. The summed E-state index contributed by atoms with van der Waals surface area (Å²) in [4.78, 5) is 13.3. The Bertz CT molecular complexity index is 305. The largest absolute Gasteiger partial charge is 0.395 e. The molecule has 0 heterocycles. The number of carbonyl (C=O) groups is 1. The molecule has 0 spiro atoms. The summed E-state index contributed by atoms with van der Waals surface area (Å²) in [6.07, 6.45) is 14.9. The first-order valence-electron chi connectivity index (χ1n) is 9.55. The van der Waals surface area contributed by atoms with Gasteiger partial charge in [-0.15, -0.1) is 11.8 Å². The molecular formula is C19H37NO3S. The fourth-order valence-electron chi connectivity index (χ4n) is 2.53. The van der Waals surface area contributed by atoms with Crippen LogP contribution in [-0.4, -0.2) is 53.1 Å². The van der Waals surface area contributed by atoms with Crippen LogP contribution in [0.1, 0.15) is 71.1 Å². The first-order valence-corrected chi connectivity index (χ1v) is 10.6. The third-order valence-electron chi connectivity index (χ3n) is 3.97. The molecule has 0 unspecified atom stereocenters. The fraction of sp³-hybridized carbons (Fsp3) is 0.842. The van der Waals surface area contributed by atoms with Gasteiger partial charge >= 0.3 is 0 Å². The lowest BCUT2D eigenvalue weighted by atomic mass is 10.1. The van der Waals surface area contributed by atoms with Gasteiger partial charge in [-0.2, -0.15) is 0 Å². The Hall–Kier alpha value is -0.520. The van der Waals surface area contributed by atoms with Gasteiger partial charge in [-0.1, -0.05) is 64.7 Å². The molecule has 2 N–H and O–H groups in total.